The number of carbonyl (C=O) groups excluding carboxylic acids is 1. The van der Waals surface area contributed by atoms with Gasteiger partial charge in [0.15, 0.2) is 11.5 Å². The number of fused-ring (bicyclic) bond motifs is 5. The summed E-state index contributed by atoms with van der Waals surface area (Å²) in [6.45, 7) is 0.862. The molecule has 0 unspecified atom stereocenters. The fourth-order valence-corrected chi connectivity index (χ4v) is 5.38. The van der Waals surface area contributed by atoms with E-state index >= 15 is 0 Å². The highest BCUT2D eigenvalue weighted by Gasteiger charge is 2.35. The lowest BCUT2D eigenvalue weighted by Gasteiger charge is -2.36. The molecule has 0 saturated carbocycles. The Bertz CT molecular complexity index is 1590. The Kier molecular flexibility index (Phi) is 4.18. The molecule has 5 aromatic rings. The van der Waals surface area contributed by atoms with Crippen molar-refractivity contribution >= 4 is 27.6 Å². The van der Waals surface area contributed by atoms with Crippen LogP contribution in [-0.4, -0.2) is 29.1 Å². The average molecular weight is 447 g/mol. The number of amides is 1. The van der Waals surface area contributed by atoms with E-state index in [0.29, 0.717) is 12.1 Å². The van der Waals surface area contributed by atoms with Crippen LogP contribution < -0.4 is 9.47 Å². The van der Waals surface area contributed by atoms with Crippen molar-refractivity contribution in [3.63, 3.8) is 0 Å². The van der Waals surface area contributed by atoms with E-state index in [4.69, 9.17) is 9.47 Å². The number of hydrogen-bond acceptors (Lipinski definition) is 3. The minimum absolute atomic E-state index is 0.0257. The van der Waals surface area contributed by atoms with Crippen molar-refractivity contribution in [3.8, 4) is 11.5 Å². The van der Waals surface area contributed by atoms with E-state index in [2.05, 4.69) is 29.2 Å². The molecule has 4 aromatic carbocycles. The fourth-order valence-electron chi connectivity index (χ4n) is 5.38. The monoisotopic (exact) mass is 446 g/mol. The molecule has 0 bridgehead atoms. The summed E-state index contributed by atoms with van der Waals surface area (Å²) in [7, 11) is 0. The van der Waals surface area contributed by atoms with E-state index in [1.54, 1.807) is 0 Å². The van der Waals surface area contributed by atoms with E-state index < -0.39 is 0 Å². The molecule has 34 heavy (non-hydrogen) atoms. The number of rotatable bonds is 2. The van der Waals surface area contributed by atoms with Crippen LogP contribution in [0.2, 0.25) is 0 Å². The van der Waals surface area contributed by atoms with Crippen molar-refractivity contribution < 1.29 is 14.3 Å². The lowest BCUT2D eigenvalue weighted by Crippen LogP contribution is -2.40. The van der Waals surface area contributed by atoms with Gasteiger partial charge in [-0.25, -0.2) is 0 Å². The van der Waals surface area contributed by atoms with Gasteiger partial charge in [-0.15, -0.1) is 0 Å². The molecule has 166 valence electrons. The van der Waals surface area contributed by atoms with Crippen LogP contribution in [0.25, 0.3) is 21.7 Å². The molecule has 3 heterocycles. The van der Waals surface area contributed by atoms with Gasteiger partial charge in [-0.2, -0.15) is 0 Å². The summed E-state index contributed by atoms with van der Waals surface area (Å²) in [5, 5.41) is 3.42. The number of benzene rings is 4. The van der Waals surface area contributed by atoms with Crippen molar-refractivity contribution in [2.24, 2.45) is 0 Å². The number of nitrogens with zero attached hydrogens (tertiary/aromatic N) is 1. The summed E-state index contributed by atoms with van der Waals surface area (Å²) in [4.78, 5) is 19.6. The third-order valence-electron chi connectivity index (χ3n) is 7.00. The lowest BCUT2D eigenvalue weighted by atomic mass is 9.91. The second kappa shape index (κ2) is 7.39. The van der Waals surface area contributed by atoms with Gasteiger partial charge in [-0.05, 0) is 58.7 Å². The van der Waals surface area contributed by atoms with Crippen molar-refractivity contribution in [3.05, 3.63) is 107 Å². The van der Waals surface area contributed by atoms with E-state index in [0.717, 1.165) is 45.5 Å². The predicted octanol–water partition coefficient (Wildman–Crippen LogP) is 5.84. The third kappa shape index (κ3) is 2.90. The maximum Gasteiger partial charge on any atom is 0.254 e. The Labute approximate surface area is 196 Å². The van der Waals surface area contributed by atoms with Crippen LogP contribution in [0.15, 0.2) is 84.9 Å². The van der Waals surface area contributed by atoms with Gasteiger partial charge < -0.3 is 19.4 Å². The van der Waals surface area contributed by atoms with E-state index in [-0.39, 0.29) is 18.7 Å². The van der Waals surface area contributed by atoms with Crippen LogP contribution in [0, 0.1) is 0 Å². The van der Waals surface area contributed by atoms with Crippen LogP contribution in [0.5, 0.6) is 11.5 Å². The summed E-state index contributed by atoms with van der Waals surface area (Å²) in [6, 6.07) is 28.2. The van der Waals surface area contributed by atoms with Crippen LogP contribution in [0.3, 0.4) is 0 Å². The molecule has 2 aliphatic heterocycles. The molecular formula is C29H22N2O3. The molecule has 2 aliphatic rings. The molecule has 7 rings (SSSR count). The summed E-state index contributed by atoms with van der Waals surface area (Å²) < 4.78 is 11.2. The maximum atomic E-state index is 13.9. The number of hydrogen-bond donors (Lipinski definition) is 1. The van der Waals surface area contributed by atoms with Crippen molar-refractivity contribution in [2.45, 2.75) is 12.5 Å². The predicted molar refractivity (Wildman–Crippen MR) is 131 cm³/mol. The van der Waals surface area contributed by atoms with E-state index in [1.165, 1.54) is 10.9 Å². The molecule has 1 N–H and O–H groups in total. The molecule has 0 radical (unpaired) electrons. The highest BCUT2D eigenvalue weighted by Crippen LogP contribution is 2.42. The minimum Gasteiger partial charge on any atom is -0.454 e. The first-order chi connectivity index (χ1) is 16.8. The number of nitrogens with one attached hydrogen (secondary N) is 1. The lowest BCUT2D eigenvalue weighted by molar-refractivity contribution is 0.0692. The van der Waals surface area contributed by atoms with Gasteiger partial charge in [0.1, 0.15) is 0 Å². The molecule has 0 aliphatic carbocycles. The van der Waals surface area contributed by atoms with Gasteiger partial charge in [0.05, 0.1) is 6.04 Å². The average Bonchev–Trinajstić information content (AvgIpc) is 3.51. The first-order valence-electron chi connectivity index (χ1n) is 11.5. The van der Waals surface area contributed by atoms with Gasteiger partial charge in [-0.1, -0.05) is 54.6 Å². The topological polar surface area (TPSA) is 54.6 Å². The normalized spacial score (nSPS) is 16.7. The molecule has 1 aromatic heterocycles. The van der Waals surface area contributed by atoms with Crippen molar-refractivity contribution in [1.29, 1.82) is 0 Å². The first kappa shape index (κ1) is 19.2. The summed E-state index contributed by atoms with van der Waals surface area (Å²) in [5.41, 5.74) is 5.15. The molecule has 1 amide bonds. The third-order valence-corrected chi connectivity index (χ3v) is 7.00. The molecule has 5 nitrogen and oxygen atoms in total. The zero-order valence-corrected chi connectivity index (χ0v) is 18.5. The van der Waals surface area contributed by atoms with Crippen LogP contribution in [0.1, 0.15) is 33.2 Å². The first-order valence-corrected chi connectivity index (χ1v) is 11.5. The van der Waals surface area contributed by atoms with Crippen LogP contribution in [0.4, 0.5) is 0 Å². The number of ether oxygens (including phenoxy) is 2. The number of H-pyrrole nitrogens is 1. The van der Waals surface area contributed by atoms with Gasteiger partial charge >= 0.3 is 0 Å². The van der Waals surface area contributed by atoms with Crippen LogP contribution >= 0.6 is 0 Å². The minimum atomic E-state index is -0.246. The highest BCUT2D eigenvalue weighted by atomic mass is 16.7. The van der Waals surface area contributed by atoms with E-state index in [9.17, 15) is 4.79 Å². The molecule has 0 saturated heterocycles. The van der Waals surface area contributed by atoms with Gasteiger partial charge in [0.2, 0.25) is 6.79 Å². The SMILES string of the molecule is O=C(c1ccc2ccccc2c1)N1CCc2c([nH]c3ccccc23)[C@H]1c1ccc2c(c1)OCO2. The van der Waals surface area contributed by atoms with Gasteiger partial charge in [0, 0.05) is 28.7 Å². The second-order valence-electron chi connectivity index (χ2n) is 8.89. The fraction of sp³-hybridized carbons (Fsp3) is 0.138. The van der Waals surface area contributed by atoms with Crippen LogP contribution in [-0.2, 0) is 6.42 Å². The Hall–Kier alpha value is -4.25. The zero-order valence-electron chi connectivity index (χ0n) is 18.5. The van der Waals surface area contributed by atoms with Crippen molar-refractivity contribution in [1.82, 2.24) is 9.88 Å². The molecule has 1 atom stereocenters. The summed E-state index contributed by atoms with van der Waals surface area (Å²) >= 11 is 0. The zero-order chi connectivity index (χ0) is 22.6. The Balaban J connectivity index is 1.38. The standard InChI is InChI=1S/C29H22N2O3/c32-29(21-10-9-18-5-1-2-6-19(18)15-21)31-14-13-23-22-7-3-4-8-24(22)30-27(23)28(31)20-11-12-25-26(16-20)34-17-33-25/h1-12,15-16,28,30H,13-14,17H2/t28-/m1/s1. The number of para-hydroxylation sites is 1. The smallest absolute Gasteiger partial charge is 0.254 e. The molecule has 0 fully saturated rings. The second-order valence-corrected chi connectivity index (χ2v) is 8.89. The quantitative estimate of drug-likeness (QED) is 0.371. The highest BCUT2D eigenvalue weighted by molar-refractivity contribution is 5.99. The van der Waals surface area contributed by atoms with E-state index in [1.807, 2.05) is 65.6 Å². The Morgan fingerprint density at radius 2 is 1.68 bits per heavy atom. The van der Waals surface area contributed by atoms with Crippen molar-refractivity contribution in [2.75, 3.05) is 13.3 Å². The van der Waals surface area contributed by atoms with Gasteiger partial charge in [0.25, 0.3) is 5.91 Å². The van der Waals surface area contributed by atoms with Gasteiger partial charge in [-0.3, -0.25) is 4.79 Å². The molecule has 0 spiro atoms. The maximum absolute atomic E-state index is 13.9. The Morgan fingerprint density at radius 3 is 2.62 bits per heavy atom. The molecular weight excluding hydrogens is 424 g/mol. The summed E-state index contributed by atoms with van der Waals surface area (Å²) in [6.07, 6.45) is 0.805. The largest absolute Gasteiger partial charge is 0.454 e. The molecule has 5 heteroatoms. The number of aromatic amines is 1. The number of aromatic nitrogens is 1. The summed E-state index contributed by atoms with van der Waals surface area (Å²) in [5.74, 6) is 1.49. The number of carbonyl (C=O) groups is 1. The Morgan fingerprint density at radius 1 is 0.853 bits per heavy atom.